The largest absolute Gasteiger partial charge is 0.356 e. The minimum Gasteiger partial charge on any atom is -0.356 e. The quantitative estimate of drug-likeness (QED) is 0.732. The number of aromatic nitrogens is 5. The molecule has 0 saturated carbocycles. The van der Waals surface area contributed by atoms with Crippen LogP contribution in [0.2, 0.25) is 0 Å². The highest BCUT2D eigenvalue weighted by atomic mass is 32.1. The number of aryl methyl sites for hydroxylation is 3. The van der Waals surface area contributed by atoms with Crippen molar-refractivity contribution < 1.29 is 0 Å². The molecule has 0 bridgehead atoms. The zero-order chi connectivity index (χ0) is 16.7. The summed E-state index contributed by atoms with van der Waals surface area (Å²) in [7, 11) is 2.02. The Kier molecular flexibility index (Phi) is 3.96. The van der Waals surface area contributed by atoms with E-state index in [1.165, 1.54) is 23.8 Å². The molecule has 4 heterocycles. The van der Waals surface area contributed by atoms with Crippen molar-refractivity contribution >= 4 is 27.4 Å². The molecule has 0 spiro atoms. The van der Waals surface area contributed by atoms with Crippen molar-refractivity contribution in [2.24, 2.45) is 13.0 Å². The number of thiophene rings is 1. The molecule has 1 aliphatic heterocycles. The van der Waals surface area contributed by atoms with Gasteiger partial charge in [0.15, 0.2) is 0 Å². The molecule has 0 amide bonds. The van der Waals surface area contributed by atoms with Crippen molar-refractivity contribution in [1.82, 2.24) is 24.7 Å². The highest BCUT2D eigenvalue weighted by Gasteiger charge is 2.24. The van der Waals surface area contributed by atoms with E-state index in [2.05, 4.69) is 32.4 Å². The summed E-state index contributed by atoms with van der Waals surface area (Å²) in [6, 6.07) is 0. The molecule has 0 radical (unpaired) electrons. The molecule has 3 aromatic heterocycles. The van der Waals surface area contributed by atoms with Crippen LogP contribution >= 0.6 is 11.3 Å². The summed E-state index contributed by atoms with van der Waals surface area (Å²) < 4.78 is 2.03. The number of nitrogens with zero attached hydrogens (tertiary/aromatic N) is 6. The molecule has 0 unspecified atom stereocenters. The third kappa shape index (κ3) is 2.77. The Labute approximate surface area is 145 Å². The smallest absolute Gasteiger partial charge is 0.141 e. The van der Waals surface area contributed by atoms with Crippen molar-refractivity contribution in [2.45, 2.75) is 33.1 Å². The minimum atomic E-state index is 0.672. The van der Waals surface area contributed by atoms with E-state index < -0.39 is 0 Å². The van der Waals surface area contributed by atoms with Crippen LogP contribution in [-0.4, -0.2) is 37.8 Å². The molecule has 0 aliphatic carbocycles. The fourth-order valence-electron chi connectivity index (χ4n) is 3.49. The second-order valence-corrected chi connectivity index (χ2v) is 7.54. The lowest BCUT2D eigenvalue weighted by Crippen LogP contribution is -2.35. The lowest BCUT2D eigenvalue weighted by Gasteiger charge is -2.33. The molecule has 1 fully saturated rings. The topological polar surface area (TPSA) is 59.7 Å². The predicted octanol–water partition coefficient (Wildman–Crippen LogP) is 2.90. The Bertz CT molecular complexity index is 859. The Morgan fingerprint density at radius 2 is 2.00 bits per heavy atom. The summed E-state index contributed by atoms with van der Waals surface area (Å²) in [4.78, 5) is 12.9. The van der Waals surface area contributed by atoms with Gasteiger partial charge >= 0.3 is 0 Å². The van der Waals surface area contributed by atoms with Crippen molar-refractivity contribution in [3.8, 4) is 0 Å². The monoisotopic (exact) mass is 342 g/mol. The first-order valence-corrected chi connectivity index (χ1v) is 9.30. The number of hydrogen-bond donors (Lipinski definition) is 0. The predicted molar refractivity (Wildman–Crippen MR) is 96.5 cm³/mol. The molecule has 0 atom stereocenters. The van der Waals surface area contributed by atoms with Crippen molar-refractivity contribution in [3.63, 3.8) is 0 Å². The van der Waals surface area contributed by atoms with Gasteiger partial charge in [0.25, 0.3) is 0 Å². The molecule has 0 aromatic carbocycles. The molecular formula is C17H22N6S. The first-order valence-electron chi connectivity index (χ1n) is 8.42. The fourth-order valence-corrected chi connectivity index (χ4v) is 4.46. The van der Waals surface area contributed by atoms with Gasteiger partial charge in [-0.25, -0.2) is 9.97 Å². The number of piperidine rings is 1. The van der Waals surface area contributed by atoms with Crippen LogP contribution in [0.25, 0.3) is 10.2 Å². The lowest BCUT2D eigenvalue weighted by molar-refractivity contribution is 0.392. The molecular weight excluding hydrogens is 320 g/mol. The van der Waals surface area contributed by atoms with E-state index in [9.17, 15) is 0 Å². The lowest BCUT2D eigenvalue weighted by atomic mass is 9.93. The molecule has 24 heavy (non-hydrogen) atoms. The van der Waals surface area contributed by atoms with Crippen LogP contribution in [-0.2, 0) is 13.5 Å². The molecule has 0 N–H and O–H groups in total. The van der Waals surface area contributed by atoms with Crippen molar-refractivity contribution in [2.75, 3.05) is 18.0 Å². The van der Waals surface area contributed by atoms with Crippen molar-refractivity contribution in [3.05, 3.63) is 28.9 Å². The minimum absolute atomic E-state index is 0.672. The fraction of sp³-hybridized carbons (Fsp3) is 0.529. The summed E-state index contributed by atoms with van der Waals surface area (Å²) in [6.07, 6.45) is 5.13. The Balaban J connectivity index is 1.52. The molecule has 1 aliphatic rings. The standard InChI is InChI=1S/C17H22N6S/c1-11-9-24-17-15(11)16(19-12(2)20-17)23-6-4-13(5-7-23)8-14-21-18-10-22(14)3/h9-10,13H,4-8H2,1-3H3. The SMILES string of the molecule is Cc1nc(N2CCC(Cc3nncn3C)CC2)c2c(C)csc2n1. The van der Waals surface area contributed by atoms with Gasteiger partial charge in [0, 0.05) is 26.6 Å². The number of rotatable bonds is 3. The van der Waals surface area contributed by atoms with Crippen molar-refractivity contribution in [1.29, 1.82) is 0 Å². The Hall–Kier alpha value is -2.02. The first-order chi connectivity index (χ1) is 11.6. The van der Waals surface area contributed by atoms with Gasteiger partial charge in [0.1, 0.15) is 28.6 Å². The van der Waals surface area contributed by atoms with E-state index in [1.54, 1.807) is 17.7 Å². The Morgan fingerprint density at radius 3 is 2.71 bits per heavy atom. The molecule has 1 saturated heterocycles. The van der Waals surface area contributed by atoms with Gasteiger partial charge in [0.05, 0.1) is 5.39 Å². The van der Waals surface area contributed by atoms with Crippen LogP contribution in [0.3, 0.4) is 0 Å². The number of anilines is 1. The van der Waals surface area contributed by atoms with Gasteiger partial charge in [-0.15, -0.1) is 21.5 Å². The van der Waals surface area contributed by atoms with Crippen LogP contribution in [0.1, 0.15) is 30.1 Å². The summed E-state index contributed by atoms with van der Waals surface area (Å²) in [5, 5.41) is 11.6. The normalized spacial score (nSPS) is 16.2. The van der Waals surface area contributed by atoms with Gasteiger partial charge in [-0.1, -0.05) is 0 Å². The van der Waals surface area contributed by atoms with E-state index in [1.807, 2.05) is 18.5 Å². The van der Waals surface area contributed by atoms with Gasteiger partial charge in [-0.3, -0.25) is 0 Å². The maximum absolute atomic E-state index is 4.77. The second-order valence-electron chi connectivity index (χ2n) is 6.69. The first kappa shape index (κ1) is 15.5. The van der Waals surface area contributed by atoms with Gasteiger partial charge in [-0.2, -0.15) is 0 Å². The summed E-state index contributed by atoms with van der Waals surface area (Å²) in [5.74, 6) is 3.74. The Morgan fingerprint density at radius 1 is 1.21 bits per heavy atom. The molecule has 4 rings (SSSR count). The zero-order valence-corrected chi connectivity index (χ0v) is 15.2. The van der Waals surface area contributed by atoms with Crippen LogP contribution < -0.4 is 4.90 Å². The number of hydrogen-bond acceptors (Lipinski definition) is 6. The molecule has 6 nitrogen and oxygen atoms in total. The molecule has 7 heteroatoms. The molecule has 3 aromatic rings. The highest BCUT2D eigenvalue weighted by molar-refractivity contribution is 7.17. The summed E-state index contributed by atoms with van der Waals surface area (Å²) in [6.45, 7) is 6.23. The second kappa shape index (κ2) is 6.12. The van der Waals surface area contributed by atoms with E-state index in [-0.39, 0.29) is 0 Å². The zero-order valence-electron chi connectivity index (χ0n) is 14.4. The maximum atomic E-state index is 4.77. The van der Waals surface area contributed by atoms with Gasteiger partial charge < -0.3 is 9.47 Å². The van der Waals surface area contributed by atoms with Crippen LogP contribution in [0.15, 0.2) is 11.7 Å². The van der Waals surface area contributed by atoms with Crippen LogP contribution in [0.5, 0.6) is 0 Å². The van der Waals surface area contributed by atoms with Gasteiger partial charge in [0.2, 0.25) is 0 Å². The van der Waals surface area contributed by atoms with Crippen LogP contribution in [0.4, 0.5) is 5.82 Å². The summed E-state index contributed by atoms with van der Waals surface area (Å²) in [5.41, 5.74) is 1.28. The van der Waals surface area contributed by atoms with E-state index in [4.69, 9.17) is 4.98 Å². The van der Waals surface area contributed by atoms with E-state index in [0.29, 0.717) is 5.92 Å². The number of fused-ring (bicyclic) bond motifs is 1. The molecule has 126 valence electrons. The van der Waals surface area contributed by atoms with Gasteiger partial charge in [-0.05, 0) is 43.6 Å². The highest BCUT2D eigenvalue weighted by Crippen LogP contribution is 2.33. The average Bonchev–Trinajstić information content (AvgIpc) is 3.14. The summed E-state index contributed by atoms with van der Waals surface area (Å²) >= 11 is 1.72. The van der Waals surface area contributed by atoms with E-state index >= 15 is 0 Å². The van der Waals surface area contributed by atoms with Crippen LogP contribution in [0, 0.1) is 19.8 Å². The van der Waals surface area contributed by atoms with E-state index in [0.717, 1.165) is 41.8 Å². The maximum Gasteiger partial charge on any atom is 0.141 e. The third-order valence-corrected chi connectivity index (χ3v) is 5.89. The average molecular weight is 342 g/mol. The third-order valence-electron chi connectivity index (χ3n) is 4.90.